The highest BCUT2D eigenvalue weighted by Gasteiger charge is 2.49. The molecule has 2 aliphatic rings. The van der Waals surface area contributed by atoms with E-state index in [1.807, 2.05) is 49.5 Å². The Bertz CT molecular complexity index is 898. The molecule has 28 heavy (non-hydrogen) atoms. The molecule has 1 aliphatic carbocycles. The predicted molar refractivity (Wildman–Crippen MR) is 111 cm³/mol. The van der Waals surface area contributed by atoms with E-state index in [1.54, 1.807) is 4.90 Å². The molecule has 1 aliphatic heterocycles. The summed E-state index contributed by atoms with van der Waals surface area (Å²) in [6, 6.07) is 18.3. The van der Waals surface area contributed by atoms with Crippen molar-refractivity contribution in [2.24, 2.45) is 0 Å². The minimum absolute atomic E-state index is 0.0287. The Morgan fingerprint density at radius 3 is 2.50 bits per heavy atom. The van der Waals surface area contributed by atoms with Crippen molar-refractivity contribution in [3.05, 3.63) is 77.9 Å². The molecule has 0 fully saturated rings. The van der Waals surface area contributed by atoms with Gasteiger partial charge >= 0.3 is 0 Å². The summed E-state index contributed by atoms with van der Waals surface area (Å²) in [5.74, 6) is 0.105. The van der Waals surface area contributed by atoms with Crippen LogP contribution >= 0.6 is 0 Å². The van der Waals surface area contributed by atoms with Gasteiger partial charge in [0.2, 0.25) is 11.8 Å². The lowest BCUT2D eigenvalue weighted by molar-refractivity contribution is -0.124. The molecule has 2 amide bonds. The SMILES string of the molecule is CN1C(=O)C(CCC(=O)NC2CC=CC2)(Cc2ccccc2)c2ccccc21. The first-order valence-electron chi connectivity index (χ1n) is 9.96. The van der Waals surface area contributed by atoms with Crippen molar-refractivity contribution in [2.75, 3.05) is 11.9 Å². The number of amides is 2. The number of carbonyl (C=O) groups excluding carboxylic acids is 2. The second-order valence-electron chi connectivity index (χ2n) is 7.83. The quantitative estimate of drug-likeness (QED) is 0.783. The summed E-state index contributed by atoms with van der Waals surface area (Å²) in [6.07, 6.45) is 7.45. The van der Waals surface area contributed by atoms with Gasteiger partial charge in [-0.1, -0.05) is 60.7 Å². The topological polar surface area (TPSA) is 49.4 Å². The number of likely N-dealkylation sites (N-methyl/N-ethyl adjacent to an activating group) is 1. The molecule has 0 bridgehead atoms. The minimum Gasteiger partial charge on any atom is -0.353 e. The Labute approximate surface area is 166 Å². The average Bonchev–Trinajstić information content (AvgIpc) is 3.30. The third-order valence-electron chi connectivity index (χ3n) is 6.00. The van der Waals surface area contributed by atoms with Gasteiger partial charge in [0.15, 0.2) is 0 Å². The summed E-state index contributed by atoms with van der Waals surface area (Å²) in [4.78, 5) is 27.8. The number of fused-ring (bicyclic) bond motifs is 1. The van der Waals surface area contributed by atoms with Gasteiger partial charge < -0.3 is 10.2 Å². The highest BCUT2D eigenvalue weighted by molar-refractivity contribution is 6.08. The fourth-order valence-corrected chi connectivity index (χ4v) is 4.52. The Morgan fingerprint density at radius 2 is 1.75 bits per heavy atom. The Hall–Kier alpha value is -2.88. The number of hydrogen-bond donors (Lipinski definition) is 1. The number of rotatable bonds is 6. The normalized spacial score (nSPS) is 21.2. The fourth-order valence-electron chi connectivity index (χ4n) is 4.52. The van der Waals surface area contributed by atoms with Crippen molar-refractivity contribution in [3.8, 4) is 0 Å². The minimum atomic E-state index is -0.696. The maximum atomic E-state index is 13.4. The molecule has 144 valence electrons. The second kappa shape index (κ2) is 7.63. The predicted octanol–water partition coefficient (Wildman–Crippen LogP) is 3.76. The van der Waals surface area contributed by atoms with Gasteiger partial charge in [-0.3, -0.25) is 9.59 Å². The van der Waals surface area contributed by atoms with Crippen molar-refractivity contribution < 1.29 is 9.59 Å². The van der Waals surface area contributed by atoms with Crippen LogP contribution in [0.2, 0.25) is 0 Å². The van der Waals surface area contributed by atoms with Crippen LogP contribution in [0.1, 0.15) is 36.8 Å². The molecule has 0 saturated heterocycles. The molecular formula is C24H26N2O2. The van der Waals surface area contributed by atoms with Crippen molar-refractivity contribution in [1.82, 2.24) is 5.32 Å². The van der Waals surface area contributed by atoms with Gasteiger partial charge in [-0.25, -0.2) is 0 Å². The molecule has 2 aromatic rings. The number of carbonyl (C=O) groups is 2. The second-order valence-corrected chi connectivity index (χ2v) is 7.83. The van der Waals surface area contributed by atoms with E-state index in [9.17, 15) is 9.59 Å². The van der Waals surface area contributed by atoms with E-state index in [4.69, 9.17) is 0 Å². The Kier molecular flexibility index (Phi) is 5.03. The number of benzene rings is 2. The van der Waals surface area contributed by atoms with Crippen molar-refractivity contribution in [2.45, 2.75) is 43.6 Å². The molecule has 1 heterocycles. The number of nitrogens with one attached hydrogen (secondary N) is 1. The van der Waals surface area contributed by atoms with Gasteiger partial charge in [0.1, 0.15) is 0 Å². The van der Waals surface area contributed by atoms with Crippen LogP contribution in [0.15, 0.2) is 66.7 Å². The summed E-state index contributed by atoms with van der Waals surface area (Å²) < 4.78 is 0. The summed E-state index contributed by atoms with van der Waals surface area (Å²) in [5.41, 5.74) is 2.39. The van der Waals surface area contributed by atoms with E-state index in [0.29, 0.717) is 19.3 Å². The zero-order chi connectivity index (χ0) is 19.6. The number of anilines is 1. The third-order valence-corrected chi connectivity index (χ3v) is 6.00. The highest BCUT2D eigenvalue weighted by Crippen LogP contribution is 2.46. The molecule has 1 unspecified atom stereocenters. The van der Waals surface area contributed by atoms with Gasteiger partial charge in [0.05, 0.1) is 5.41 Å². The summed E-state index contributed by atoms with van der Waals surface area (Å²) in [6.45, 7) is 0. The van der Waals surface area contributed by atoms with Crippen molar-refractivity contribution in [3.63, 3.8) is 0 Å². The standard InChI is InChI=1S/C24H26N2O2/c1-26-21-14-8-7-13-20(21)24(23(26)28,17-18-9-3-2-4-10-18)16-15-22(27)25-19-11-5-6-12-19/h2-10,13-14,19H,11-12,15-17H2,1H3,(H,25,27). The average molecular weight is 374 g/mol. The maximum Gasteiger partial charge on any atom is 0.237 e. The van der Waals surface area contributed by atoms with Crippen molar-refractivity contribution in [1.29, 1.82) is 0 Å². The van der Waals surface area contributed by atoms with Crippen LogP contribution in [-0.4, -0.2) is 24.9 Å². The van der Waals surface area contributed by atoms with Gasteiger partial charge in [0.25, 0.3) is 0 Å². The molecule has 1 atom stereocenters. The maximum absolute atomic E-state index is 13.4. The number of para-hydroxylation sites is 1. The van der Waals surface area contributed by atoms with Gasteiger partial charge in [0, 0.05) is 25.2 Å². The third kappa shape index (κ3) is 3.35. The molecule has 4 rings (SSSR count). The molecule has 0 saturated carbocycles. The summed E-state index contributed by atoms with van der Waals surface area (Å²) in [7, 11) is 1.83. The van der Waals surface area contributed by atoms with Crippen LogP contribution in [-0.2, 0) is 21.4 Å². The number of hydrogen-bond acceptors (Lipinski definition) is 2. The number of nitrogens with zero attached hydrogens (tertiary/aromatic N) is 1. The smallest absolute Gasteiger partial charge is 0.237 e. The van der Waals surface area contributed by atoms with E-state index in [0.717, 1.165) is 29.7 Å². The lowest BCUT2D eigenvalue weighted by Crippen LogP contribution is -2.42. The zero-order valence-corrected chi connectivity index (χ0v) is 16.2. The van der Waals surface area contributed by atoms with Crippen LogP contribution in [0.25, 0.3) is 0 Å². The van der Waals surface area contributed by atoms with Crippen LogP contribution in [0, 0.1) is 0 Å². The first-order valence-corrected chi connectivity index (χ1v) is 9.96. The molecule has 2 aromatic carbocycles. The molecule has 4 heteroatoms. The van der Waals surface area contributed by atoms with Crippen LogP contribution in [0.4, 0.5) is 5.69 Å². The lowest BCUT2D eigenvalue weighted by Gasteiger charge is -2.29. The van der Waals surface area contributed by atoms with Crippen LogP contribution in [0.5, 0.6) is 0 Å². The van der Waals surface area contributed by atoms with E-state index < -0.39 is 5.41 Å². The van der Waals surface area contributed by atoms with E-state index in [-0.39, 0.29) is 17.9 Å². The van der Waals surface area contributed by atoms with Crippen molar-refractivity contribution >= 4 is 17.5 Å². The molecule has 0 radical (unpaired) electrons. The molecule has 1 N–H and O–H groups in total. The largest absolute Gasteiger partial charge is 0.353 e. The highest BCUT2D eigenvalue weighted by atomic mass is 16.2. The lowest BCUT2D eigenvalue weighted by atomic mass is 9.73. The Balaban J connectivity index is 1.61. The monoisotopic (exact) mass is 374 g/mol. The molecule has 0 aromatic heterocycles. The first-order chi connectivity index (χ1) is 13.6. The fraction of sp³-hybridized carbons (Fsp3) is 0.333. The Morgan fingerprint density at radius 1 is 1.07 bits per heavy atom. The van der Waals surface area contributed by atoms with E-state index in [1.165, 1.54) is 0 Å². The molecular weight excluding hydrogens is 348 g/mol. The van der Waals surface area contributed by atoms with Gasteiger partial charge in [-0.05, 0) is 42.9 Å². The van der Waals surface area contributed by atoms with E-state index >= 15 is 0 Å². The zero-order valence-electron chi connectivity index (χ0n) is 16.2. The first kappa shape index (κ1) is 18.5. The van der Waals surface area contributed by atoms with Gasteiger partial charge in [-0.2, -0.15) is 0 Å². The van der Waals surface area contributed by atoms with Crippen LogP contribution in [0.3, 0.4) is 0 Å². The van der Waals surface area contributed by atoms with E-state index in [2.05, 4.69) is 29.6 Å². The molecule has 0 spiro atoms. The van der Waals surface area contributed by atoms with Gasteiger partial charge in [-0.15, -0.1) is 0 Å². The molecule has 4 nitrogen and oxygen atoms in total. The summed E-state index contributed by atoms with van der Waals surface area (Å²) >= 11 is 0. The van der Waals surface area contributed by atoms with Crippen LogP contribution < -0.4 is 10.2 Å². The summed E-state index contributed by atoms with van der Waals surface area (Å²) in [5, 5.41) is 3.11.